The standard InChI is InChI=1S/C15H19N2O/c1-11(2)15-9-10-17(4,16-15)14-7-5-13(6-8-14)12(3)18/h5-11H,1-4H3/q+1. The van der Waals surface area contributed by atoms with Gasteiger partial charge in [-0.2, -0.15) is 0 Å². The van der Waals surface area contributed by atoms with Crippen molar-refractivity contribution in [2.45, 2.75) is 20.8 Å². The van der Waals surface area contributed by atoms with Crippen LogP contribution in [0.2, 0.25) is 0 Å². The quantitative estimate of drug-likeness (QED) is 0.591. The maximum absolute atomic E-state index is 11.3. The van der Waals surface area contributed by atoms with E-state index in [-0.39, 0.29) is 5.78 Å². The molecule has 3 nitrogen and oxygen atoms in total. The number of rotatable bonds is 3. The van der Waals surface area contributed by atoms with Gasteiger partial charge in [-0.15, -0.1) is 4.59 Å². The summed E-state index contributed by atoms with van der Waals surface area (Å²) < 4.78 is 0.422. The van der Waals surface area contributed by atoms with E-state index < -0.39 is 0 Å². The maximum Gasteiger partial charge on any atom is 0.163 e. The van der Waals surface area contributed by atoms with Crippen LogP contribution in [0, 0.1) is 5.92 Å². The lowest BCUT2D eigenvalue weighted by atomic mass is 10.1. The minimum Gasteiger partial charge on any atom is -0.295 e. The van der Waals surface area contributed by atoms with Crippen molar-refractivity contribution in [2.24, 2.45) is 11.0 Å². The normalized spacial score (nSPS) is 22.4. The zero-order valence-corrected chi connectivity index (χ0v) is 11.3. The Morgan fingerprint density at radius 3 is 2.28 bits per heavy atom. The van der Waals surface area contributed by atoms with E-state index in [9.17, 15) is 4.79 Å². The summed E-state index contributed by atoms with van der Waals surface area (Å²) in [6.07, 6.45) is 4.14. The first-order valence-corrected chi connectivity index (χ1v) is 6.19. The molecule has 0 spiro atoms. The van der Waals surface area contributed by atoms with Crippen molar-refractivity contribution in [1.82, 2.24) is 4.59 Å². The molecule has 0 saturated heterocycles. The molecule has 2 rings (SSSR count). The number of carbonyl (C=O) groups excluding carboxylic acids is 1. The third-order valence-electron chi connectivity index (χ3n) is 3.25. The van der Waals surface area contributed by atoms with E-state index in [1.165, 1.54) is 0 Å². The second-order valence-electron chi connectivity index (χ2n) is 5.12. The monoisotopic (exact) mass is 243 g/mol. The first-order chi connectivity index (χ1) is 8.42. The molecule has 1 atom stereocenters. The number of benzene rings is 1. The zero-order chi connectivity index (χ0) is 13.3. The average Bonchev–Trinajstić information content (AvgIpc) is 2.74. The van der Waals surface area contributed by atoms with Crippen LogP contribution in [0.1, 0.15) is 31.1 Å². The van der Waals surface area contributed by atoms with Crippen LogP contribution in [0.25, 0.3) is 0 Å². The van der Waals surface area contributed by atoms with Crippen LogP contribution in [-0.4, -0.2) is 18.5 Å². The lowest BCUT2D eigenvalue weighted by Gasteiger charge is -2.20. The first-order valence-electron chi connectivity index (χ1n) is 6.19. The molecule has 1 heterocycles. The number of quaternary nitrogens is 1. The Labute approximate surface area is 108 Å². The van der Waals surface area contributed by atoms with Crippen LogP contribution in [0.5, 0.6) is 0 Å². The Balaban J connectivity index is 2.33. The Morgan fingerprint density at radius 1 is 1.22 bits per heavy atom. The second-order valence-corrected chi connectivity index (χ2v) is 5.12. The zero-order valence-electron chi connectivity index (χ0n) is 11.3. The van der Waals surface area contributed by atoms with Crippen LogP contribution in [-0.2, 0) is 0 Å². The van der Waals surface area contributed by atoms with Crippen LogP contribution >= 0.6 is 0 Å². The third-order valence-corrected chi connectivity index (χ3v) is 3.25. The number of Topliss-reactive ketones (excluding diaryl/α,β-unsaturated/α-hetero) is 1. The summed E-state index contributed by atoms with van der Waals surface area (Å²) in [6.45, 7) is 5.85. The van der Waals surface area contributed by atoms with Crippen molar-refractivity contribution >= 4 is 17.2 Å². The van der Waals surface area contributed by atoms with E-state index >= 15 is 0 Å². The molecule has 0 saturated carbocycles. The minimum absolute atomic E-state index is 0.0903. The summed E-state index contributed by atoms with van der Waals surface area (Å²) in [7, 11) is 2.04. The van der Waals surface area contributed by atoms with Gasteiger partial charge in [0.1, 0.15) is 19.0 Å². The number of hydrogen-bond donors (Lipinski definition) is 0. The van der Waals surface area contributed by atoms with Gasteiger partial charge in [-0.3, -0.25) is 4.79 Å². The second kappa shape index (κ2) is 4.50. The summed E-state index contributed by atoms with van der Waals surface area (Å²) in [5.41, 5.74) is 2.90. The van der Waals surface area contributed by atoms with Crippen molar-refractivity contribution in [1.29, 1.82) is 0 Å². The van der Waals surface area contributed by atoms with Gasteiger partial charge in [0.15, 0.2) is 11.5 Å². The molecular formula is C15H19N2O+. The Bertz CT molecular complexity index is 526. The van der Waals surface area contributed by atoms with Crippen molar-refractivity contribution in [3.63, 3.8) is 0 Å². The maximum atomic E-state index is 11.3. The predicted molar refractivity (Wildman–Crippen MR) is 75.6 cm³/mol. The van der Waals surface area contributed by atoms with Gasteiger partial charge in [0.2, 0.25) is 0 Å². The number of allylic oxidation sites excluding steroid dienone is 1. The molecule has 94 valence electrons. The van der Waals surface area contributed by atoms with E-state index in [2.05, 4.69) is 26.1 Å². The molecule has 1 aromatic carbocycles. The van der Waals surface area contributed by atoms with Gasteiger partial charge in [-0.25, -0.2) is 0 Å². The molecule has 3 heteroatoms. The summed E-state index contributed by atoms with van der Waals surface area (Å²) in [6, 6.07) is 7.65. The number of carbonyl (C=O) groups is 1. The van der Waals surface area contributed by atoms with E-state index in [4.69, 9.17) is 5.10 Å². The highest BCUT2D eigenvalue weighted by Gasteiger charge is 2.28. The first kappa shape index (κ1) is 12.7. The SMILES string of the molecule is CC(=O)c1ccc([N+]2(C)C=CC(C(C)C)=N2)cc1. The van der Waals surface area contributed by atoms with Crippen LogP contribution in [0.15, 0.2) is 41.6 Å². The Hall–Kier alpha value is -1.74. The third kappa shape index (κ3) is 2.27. The molecule has 0 aliphatic carbocycles. The highest BCUT2D eigenvalue weighted by Crippen LogP contribution is 2.27. The van der Waals surface area contributed by atoms with Crippen molar-refractivity contribution in [2.75, 3.05) is 7.05 Å². The molecule has 18 heavy (non-hydrogen) atoms. The molecule has 0 radical (unpaired) electrons. The summed E-state index contributed by atoms with van der Waals surface area (Å²) in [5.74, 6) is 0.519. The summed E-state index contributed by atoms with van der Waals surface area (Å²) in [4.78, 5) is 11.3. The van der Waals surface area contributed by atoms with Gasteiger partial charge in [-0.1, -0.05) is 18.9 Å². The van der Waals surface area contributed by atoms with Gasteiger partial charge in [0.25, 0.3) is 0 Å². The van der Waals surface area contributed by atoms with Crippen LogP contribution in [0.4, 0.5) is 5.69 Å². The van der Waals surface area contributed by atoms with Crippen molar-refractivity contribution in [3.8, 4) is 0 Å². The fraction of sp³-hybridized carbons (Fsp3) is 0.333. The van der Waals surface area contributed by atoms with Crippen LogP contribution < -0.4 is 4.59 Å². The molecule has 1 aliphatic heterocycles. The van der Waals surface area contributed by atoms with Gasteiger partial charge >= 0.3 is 0 Å². The van der Waals surface area contributed by atoms with E-state index in [1.54, 1.807) is 6.92 Å². The molecule has 0 fully saturated rings. The lowest BCUT2D eigenvalue weighted by molar-refractivity contribution is 0.101. The topological polar surface area (TPSA) is 29.4 Å². The highest BCUT2D eigenvalue weighted by atomic mass is 16.1. The molecule has 0 aromatic heterocycles. The fourth-order valence-corrected chi connectivity index (χ4v) is 1.98. The summed E-state index contributed by atoms with van der Waals surface area (Å²) >= 11 is 0. The predicted octanol–water partition coefficient (Wildman–Crippen LogP) is 3.37. The van der Waals surface area contributed by atoms with Crippen LogP contribution in [0.3, 0.4) is 0 Å². The molecule has 0 amide bonds. The van der Waals surface area contributed by atoms with Gasteiger partial charge < -0.3 is 0 Å². The average molecular weight is 243 g/mol. The Kier molecular flexibility index (Phi) is 3.18. The van der Waals surface area contributed by atoms with Gasteiger partial charge in [0.05, 0.1) is 0 Å². The molecular weight excluding hydrogens is 224 g/mol. The molecule has 1 aliphatic rings. The minimum atomic E-state index is 0.0903. The molecule has 0 N–H and O–H groups in total. The largest absolute Gasteiger partial charge is 0.295 e. The van der Waals surface area contributed by atoms with E-state index in [0.29, 0.717) is 10.5 Å². The van der Waals surface area contributed by atoms with E-state index in [0.717, 1.165) is 17.0 Å². The molecule has 1 aromatic rings. The number of hydrogen-bond acceptors (Lipinski definition) is 2. The van der Waals surface area contributed by atoms with Gasteiger partial charge in [-0.05, 0) is 19.1 Å². The lowest BCUT2D eigenvalue weighted by Crippen LogP contribution is -2.30. The number of ketones is 1. The fourth-order valence-electron chi connectivity index (χ4n) is 1.98. The molecule has 1 unspecified atom stereocenters. The Morgan fingerprint density at radius 2 is 1.83 bits per heavy atom. The highest BCUT2D eigenvalue weighted by molar-refractivity contribution is 5.98. The van der Waals surface area contributed by atoms with Crippen molar-refractivity contribution < 1.29 is 4.79 Å². The van der Waals surface area contributed by atoms with Gasteiger partial charge in [0, 0.05) is 29.7 Å². The van der Waals surface area contributed by atoms with Crippen molar-refractivity contribution in [3.05, 3.63) is 42.1 Å². The van der Waals surface area contributed by atoms with E-state index in [1.807, 2.05) is 31.3 Å². The smallest absolute Gasteiger partial charge is 0.163 e. The number of nitrogens with zero attached hydrogens (tertiary/aromatic N) is 2. The summed E-state index contributed by atoms with van der Waals surface area (Å²) in [5, 5.41) is 4.72. The molecule has 0 bridgehead atoms.